The molecule has 0 N–H and O–H groups in total. The van der Waals surface area contributed by atoms with Crippen LogP contribution < -0.4 is 0 Å². The van der Waals surface area contributed by atoms with Gasteiger partial charge in [-0.15, -0.1) is 0 Å². The number of benzene rings is 1. The summed E-state index contributed by atoms with van der Waals surface area (Å²) >= 11 is 3.44. The maximum atomic E-state index is 3.91. The van der Waals surface area contributed by atoms with Gasteiger partial charge in [0.15, 0.2) is 0 Å². The normalized spacial score (nSPS) is 17.8. The van der Waals surface area contributed by atoms with E-state index >= 15 is 0 Å². The van der Waals surface area contributed by atoms with E-state index in [4.69, 9.17) is 0 Å². The molecule has 0 saturated carbocycles. The minimum atomic E-state index is 0.979. The average molecular weight is 309 g/mol. The number of rotatable bonds is 5. The summed E-state index contributed by atoms with van der Waals surface area (Å²) in [5.74, 6) is 0. The highest BCUT2D eigenvalue weighted by Gasteiger charge is 2.16. The van der Waals surface area contributed by atoms with E-state index in [1.165, 1.54) is 25.2 Å². The van der Waals surface area contributed by atoms with Crippen molar-refractivity contribution in [1.82, 2.24) is 9.80 Å². The Morgan fingerprint density at radius 1 is 1.06 bits per heavy atom. The van der Waals surface area contributed by atoms with Gasteiger partial charge in [0.2, 0.25) is 0 Å². The first-order chi connectivity index (χ1) is 8.74. The molecular formula is C15H21BrN2. The van der Waals surface area contributed by atoms with Crippen molar-refractivity contribution in [3.8, 4) is 0 Å². The summed E-state index contributed by atoms with van der Waals surface area (Å²) < 4.78 is 1.08. The van der Waals surface area contributed by atoms with Crippen LogP contribution in [0.2, 0.25) is 0 Å². The van der Waals surface area contributed by atoms with Crippen molar-refractivity contribution in [1.29, 1.82) is 0 Å². The van der Waals surface area contributed by atoms with Crippen LogP contribution in [0.5, 0.6) is 0 Å². The highest BCUT2D eigenvalue weighted by atomic mass is 79.9. The molecule has 98 valence electrons. The van der Waals surface area contributed by atoms with Gasteiger partial charge in [0.1, 0.15) is 0 Å². The van der Waals surface area contributed by atoms with Crippen molar-refractivity contribution in [3.63, 3.8) is 0 Å². The SMILES string of the molecule is C=C(Br)CN1CCN(CCc2ccccc2)CC1. The van der Waals surface area contributed by atoms with Gasteiger partial charge in [-0.2, -0.15) is 0 Å². The van der Waals surface area contributed by atoms with Crippen molar-refractivity contribution >= 4 is 15.9 Å². The van der Waals surface area contributed by atoms with E-state index in [-0.39, 0.29) is 0 Å². The lowest BCUT2D eigenvalue weighted by molar-refractivity contribution is 0.143. The number of nitrogens with zero attached hydrogens (tertiary/aromatic N) is 2. The third-order valence-electron chi connectivity index (χ3n) is 3.42. The number of hydrogen-bond donors (Lipinski definition) is 0. The van der Waals surface area contributed by atoms with Crippen LogP contribution in [0.25, 0.3) is 0 Å². The van der Waals surface area contributed by atoms with Crippen molar-refractivity contribution in [2.75, 3.05) is 39.3 Å². The van der Waals surface area contributed by atoms with Gasteiger partial charge >= 0.3 is 0 Å². The van der Waals surface area contributed by atoms with Gasteiger partial charge in [0.25, 0.3) is 0 Å². The number of piperazine rings is 1. The standard InChI is InChI=1S/C15H21BrN2/c1-14(16)13-18-11-9-17(10-12-18)8-7-15-5-3-2-4-6-15/h2-6H,1,7-13H2. The van der Waals surface area contributed by atoms with Crippen LogP contribution in [-0.4, -0.2) is 49.1 Å². The molecule has 1 aliphatic heterocycles. The fourth-order valence-electron chi connectivity index (χ4n) is 2.35. The summed E-state index contributed by atoms with van der Waals surface area (Å²) in [7, 11) is 0. The molecule has 1 heterocycles. The molecule has 1 aliphatic rings. The first kappa shape index (κ1) is 13.8. The Balaban J connectivity index is 1.69. The molecule has 1 aromatic carbocycles. The molecule has 0 spiro atoms. The molecule has 1 aromatic rings. The topological polar surface area (TPSA) is 6.48 Å². The summed E-state index contributed by atoms with van der Waals surface area (Å²) in [4.78, 5) is 5.01. The Bertz CT molecular complexity index is 369. The van der Waals surface area contributed by atoms with Crippen LogP contribution in [0.4, 0.5) is 0 Å². The van der Waals surface area contributed by atoms with Crippen LogP contribution in [0.3, 0.4) is 0 Å². The molecule has 1 fully saturated rings. The molecule has 18 heavy (non-hydrogen) atoms. The first-order valence-electron chi connectivity index (χ1n) is 6.56. The van der Waals surface area contributed by atoms with E-state index < -0.39 is 0 Å². The summed E-state index contributed by atoms with van der Waals surface area (Å²) in [5, 5.41) is 0. The summed E-state index contributed by atoms with van der Waals surface area (Å²) in [6.45, 7) is 10.7. The molecule has 2 rings (SSSR count). The second-order valence-corrected chi connectivity index (χ2v) is 5.99. The lowest BCUT2D eigenvalue weighted by Gasteiger charge is -2.34. The summed E-state index contributed by atoms with van der Waals surface area (Å²) in [6.07, 6.45) is 1.16. The van der Waals surface area contributed by atoms with Gasteiger partial charge in [-0.05, 0) is 12.0 Å². The predicted molar refractivity (Wildman–Crippen MR) is 81.1 cm³/mol. The van der Waals surface area contributed by atoms with Crippen molar-refractivity contribution in [3.05, 3.63) is 47.0 Å². The fourth-order valence-corrected chi connectivity index (χ4v) is 2.70. The van der Waals surface area contributed by atoms with E-state index in [1.807, 2.05) is 0 Å². The quantitative estimate of drug-likeness (QED) is 0.825. The molecule has 0 unspecified atom stereocenters. The molecule has 0 atom stereocenters. The Morgan fingerprint density at radius 2 is 1.67 bits per heavy atom. The monoisotopic (exact) mass is 308 g/mol. The van der Waals surface area contributed by atoms with Crippen molar-refractivity contribution in [2.24, 2.45) is 0 Å². The third kappa shape index (κ3) is 4.56. The van der Waals surface area contributed by atoms with Crippen LogP contribution in [0.15, 0.2) is 41.4 Å². The Labute approximate surface area is 118 Å². The van der Waals surface area contributed by atoms with E-state index in [9.17, 15) is 0 Å². The van der Waals surface area contributed by atoms with E-state index in [0.717, 1.165) is 30.5 Å². The summed E-state index contributed by atoms with van der Waals surface area (Å²) in [5.41, 5.74) is 1.44. The van der Waals surface area contributed by atoms with Gasteiger partial charge in [-0.25, -0.2) is 0 Å². The summed E-state index contributed by atoms with van der Waals surface area (Å²) in [6, 6.07) is 10.7. The molecule has 0 radical (unpaired) electrons. The smallest absolute Gasteiger partial charge is 0.0294 e. The second-order valence-electron chi connectivity index (χ2n) is 4.87. The molecule has 0 bridgehead atoms. The maximum Gasteiger partial charge on any atom is 0.0294 e. The minimum Gasteiger partial charge on any atom is -0.300 e. The number of hydrogen-bond acceptors (Lipinski definition) is 2. The van der Waals surface area contributed by atoms with Gasteiger partial charge in [-0.3, -0.25) is 4.90 Å². The van der Waals surface area contributed by atoms with Gasteiger partial charge in [-0.1, -0.05) is 52.8 Å². The zero-order valence-corrected chi connectivity index (χ0v) is 12.4. The Kier molecular flexibility index (Phi) is 5.42. The maximum absolute atomic E-state index is 3.91. The molecule has 0 aliphatic carbocycles. The minimum absolute atomic E-state index is 0.979. The van der Waals surface area contributed by atoms with E-state index in [1.54, 1.807) is 0 Å². The highest BCUT2D eigenvalue weighted by molar-refractivity contribution is 9.11. The van der Waals surface area contributed by atoms with Crippen LogP contribution in [-0.2, 0) is 6.42 Å². The molecule has 1 saturated heterocycles. The van der Waals surface area contributed by atoms with Crippen molar-refractivity contribution in [2.45, 2.75) is 6.42 Å². The second kappa shape index (κ2) is 7.07. The first-order valence-corrected chi connectivity index (χ1v) is 7.35. The highest BCUT2D eigenvalue weighted by Crippen LogP contribution is 2.09. The predicted octanol–water partition coefficient (Wildman–Crippen LogP) is 2.76. The van der Waals surface area contributed by atoms with Crippen molar-refractivity contribution < 1.29 is 0 Å². The Morgan fingerprint density at radius 3 is 2.28 bits per heavy atom. The molecule has 0 aromatic heterocycles. The van der Waals surface area contributed by atoms with Crippen LogP contribution in [0.1, 0.15) is 5.56 Å². The van der Waals surface area contributed by atoms with E-state index in [2.05, 4.69) is 62.6 Å². The van der Waals surface area contributed by atoms with Gasteiger partial charge in [0, 0.05) is 43.8 Å². The third-order valence-corrected chi connectivity index (χ3v) is 3.67. The van der Waals surface area contributed by atoms with Crippen LogP contribution >= 0.6 is 15.9 Å². The molecule has 3 heteroatoms. The average Bonchev–Trinajstić information content (AvgIpc) is 2.38. The zero-order valence-electron chi connectivity index (χ0n) is 10.8. The van der Waals surface area contributed by atoms with Gasteiger partial charge < -0.3 is 4.90 Å². The Hall–Kier alpha value is -0.640. The number of halogens is 1. The van der Waals surface area contributed by atoms with Gasteiger partial charge in [0.05, 0.1) is 0 Å². The molecular weight excluding hydrogens is 288 g/mol. The largest absolute Gasteiger partial charge is 0.300 e. The molecule has 2 nitrogen and oxygen atoms in total. The molecule has 0 amide bonds. The lowest BCUT2D eigenvalue weighted by atomic mass is 10.1. The van der Waals surface area contributed by atoms with E-state index in [0.29, 0.717) is 0 Å². The lowest BCUT2D eigenvalue weighted by Crippen LogP contribution is -2.47. The van der Waals surface area contributed by atoms with Crippen LogP contribution in [0, 0.1) is 0 Å². The zero-order chi connectivity index (χ0) is 12.8. The fraction of sp³-hybridized carbons (Fsp3) is 0.467.